The van der Waals surface area contributed by atoms with Crippen LogP contribution in [0.15, 0.2) is 24.4 Å². The molecule has 186 valence electrons. The number of hydrogen-bond donors (Lipinski definition) is 0. The maximum Gasteiger partial charge on any atom is 0.412 e. The van der Waals surface area contributed by atoms with Crippen LogP contribution in [-0.4, -0.2) is 46.6 Å². The first-order chi connectivity index (χ1) is 15.6. The van der Waals surface area contributed by atoms with Crippen molar-refractivity contribution in [1.82, 2.24) is 9.88 Å². The number of amides is 1. The van der Waals surface area contributed by atoms with Gasteiger partial charge in [0.05, 0.1) is 23.9 Å². The zero-order chi connectivity index (χ0) is 24.1. The normalized spacial score (nSPS) is 24.6. The minimum absolute atomic E-state index is 0.00400. The number of carbonyl (C=O) groups excluding carboxylic acids is 1. The van der Waals surface area contributed by atoms with Gasteiger partial charge in [0, 0.05) is 13.3 Å². The molecule has 2 aliphatic rings. The molecule has 1 aliphatic heterocycles. The van der Waals surface area contributed by atoms with Gasteiger partial charge in [0.2, 0.25) is 0 Å². The lowest BCUT2D eigenvalue weighted by atomic mass is 9.83. The highest BCUT2D eigenvalue weighted by Gasteiger charge is 2.51. The zero-order valence-electron chi connectivity index (χ0n) is 21.5. The summed E-state index contributed by atoms with van der Waals surface area (Å²) in [6, 6.07) is 5.97. The van der Waals surface area contributed by atoms with E-state index in [1.807, 2.05) is 63.9 Å². The maximum absolute atomic E-state index is 13.3. The van der Waals surface area contributed by atoms with Gasteiger partial charge in [-0.25, -0.2) is 4.79 Å². The third kappa shape index (κ3) is 7.16. The molecule has 1 amide bonds. The Balaban J connectivity index is 1.71. The van der Waals surface area contributed by atoms with Crippen molar-refractivity contribution in [1.29, 1.82) is 0 Å². The van der Waals surface area contributed by atoms with Crippen molar-refractivity contribution in [3.63, 3.8) is 0 Å². The summed E-state index contributed by atoms with van der Waals surface area (Å²) in [6.45, 7) is 9.76. The Morgan fingerprint density at radius 3 is 2.58 bits per heavy atom. The molecule has 1 aliphatic carbocycles. The second-order valence-electron chi connectivity index (χ2n) is 11.2. The summed E-state index contributed by atoms with van der Waals surface area (Å²) in [4.78, 5) is 19.6. The van der Waals surface area contributed by atoms with Crippen molar-refractivity contribution in [2.45, 2.75) is 122 Å². The Bertz CT molecular complexity index is 740. The van der Waals surface area contributed by atoms with E-state index in [4.69, 9.17) is 14.2 Å². The van der Waals surface area contributed by atoms with Gasteiger partial charge in [-0.05, 0) is 78.4 Å². The Kier molecular flexibility index (Phi) is 8.79. The number of methoxy groups -OCH3 is 1. The fraction of sp³-hybridized carbons (Fsp3) is 0.778. The molecule has 1 aromatic rings. The highest BCUT2D eigenvalue weighted by atomic mass is 16.6. The number of hydrogen-bond acceptors (Lipinski definition) is 5. The molecule has 3 rings (SSSR count). The molecule has 0 bridgehead atoms. The lowest BCUT2D eigenvalue weighted by molar-refractivity contribution is -0.0805. The first-order valence-corrected chi connectivity index (χ1v) is 12.7. The maximum atomic E-state index is 13.3. The molecule has 2 heterocycles. The van der Waals surface area contributed by atoms with Crippen LogP contribution in [0.5, 0.6) is 0 Å². The highest BCUT2D eigenvalue weighted by molar-refractivity contribution is 5.70. The first kappa shape index (κ1) is 26.0. The van der Waals surface area contributed by atoms with Crippen LogP contribution in [0.2, 0.25) is 0 Å². The lowest BCUT2D eigenvalue weighted by Gasteiger charge is -2.37. The Hall–Kier alpha value is -1.66. The predicted molar refractivity (Wildman–Crippen MR) is 130 cm³/mol. The van der Waals surface area contributed by atoms with Crippen LogP contribution in [0.4, 0.5) is 4.79 Å². The molecular weight excluding hydrogens is 416 g/mol. The Labute approximate surface area is 200 Å². The van der Waals surface area contributed by atoms with Crippen LogP contribution in [0.25, 0.3) is 0 Å². The number of carbonyl (C=O) groups is 1. The molecule has 6 heteroatoms. The molecule has 6 nitrogen and oxygen atoms in total. The van der Waals surface area contributed by atoms with Crippen LogP contribution >= 0.6 is 0 Å². The minimum Gasteiger partial charge on any atom is -0.444 e. The molecule has 3 unspecified atom stereocenters. The average molecular weight is 461 g/mol. The average Bonchev–Trinajstić information content (AvgIpc) is 3.00. The van der Waals surface area contributed by atoms with E-state index in [1.165, 1.54) is 32.1 Å². The zero-order valence-corrected chi connectivity index (χ0v) is 21.5. The van der Waals surface area contributed by atoms with E-state index >= 15 is 0 Å². The quantitative estimate of drug-likeness (QED) is 0.434. The number of rotatable bonds is 8. The third-order valence-electron chi connectivity index (χ3n) is 6.93. The molecule has 33 heavy (non-hydrogen) atoms. The molecule has 1 saturated heterocycles. The third-order valence-corrected chi connectivity index (χ3v) is 6.93. The summed E-state index contributed by atoms with van der Waals surface area (Å²) >= 11 is 0. The monoisotopic (exact) mass is 460 g/mol. The summed E-state index contributed by atoms with van der Waals surface area (Å²) in [5.74, 6) is 0.647. The SMILES string of the molecule is COC(CCCC1OC(C)(C)N(C(=O)OC(C)(C)C)C1CC1CCCCC1)c1ccccn1. The molecule has 0 spiro atoms. The van der Waals surface area contributed by atoms with Crippen LogP contribution in [0.1, 0.15) is 104 Å². The fourth-order valence-corrected chi connectivity index (χ4v) is 5.47. The van der Waals surface area contributed by atoms with Crippen molar-refractivity contribution in [3.8, 4) is 0 Å². The van der Waals surface area contributed by atoms with Gasteiger partial charge in [-0.3, -0.25) is 9.88 Å². The summed E-state index contributed by atoms with van der Waals surface area (Å²) in [7, 11) is 1.74. The smallest absolute Gasteiger partial charge is 0.412 e. The molecule has 0 N–H and O–H groups in total. The van der Waals surface area contributed by atoms with E-state index in [1.54, 1.807) is 7.11 Å². The first-order valence-electron chi connectivity index (χ1n) is 12.7. The topological polar surface area (TPSA) is 60.9 Å². The minimum atomic E-state index is -0.687. The summed E-state index contributed by atoms with van der Waals surface area (Å²) < 4.78 is 18.1. The second-order valence-corrected chi connectivity index (χ2v) is 11.2. The Morgan fingerprint density at radius 2 is 1.97 bits per heavy atom. The van der Waals surface area contributed by atoms with Crippen molar-refractivity contribution in [2.75, 3.05) is 7.11 Å². The van der Waals surface area contributed by atoms with E-state index in [2.05, 4.69) is 4.98 Å². The predicted octanol–water partition coefficient (Wildman–Crippen LogP) is 6.65. The van der Waals surface area contributed by atoms with Crippen molar-refractivity contribution in [3.05, 3.63) is 30.1 Å². The fourth-order valence-electron chi connectivity index (χ4n) is 5.47. The van der Waals surface area contributed by atoms with Crippen LogP contribution in [0, 0.1) is 5.92 Å². The van der Waals surface area contributed by atoms with E-state index < -0.39 is 11.3 Å². The molecule has 1 aromatic heterocycles. The van der Waals surface area contributed by atoms with Gasteiger partial charge in [0.15, 0.2) is 0 Å². The number of aromatic nitrogens is 1. The van der Waals surface area contributed by atoms with Crippen LogP contribution in [-0.2, 0) is 14.2 Å². The number of ether oxygens (including phenoxy) is 3. The summed E-state index contributed by atoms with van der Waals surface area (Å²) in [5, 5.41) is 0. The molecule has 3 atom stereocenters. The van der Waals surface area contributed by atoms with Crippen LogP contribution in [0.3, 0.4) is 0 Å². The van der Waals surface area contributed by atoms with Gasteiger partial charge in [0.25, 0.3) is 0 Å². The molecular formula is C27H44N2O4. The van der Waals surface area contributed by atoms with Gasteiger partial charge in [-0.1, -0.05) is 38.2 Å². The molecule has 2 fully saturated rings. The summed E-state index contributed by atoms with van der Waals surface area (Å²) in [6.07, 6.45) is 11.6. The van der Waals surface area contributed by atoms with Crippen molar-refractivity contribution < 1.29 is 19.0 Å². The lowest BCUT2D eigenvalue weighted by Crippen LogP contribution is -2.50. The van der Waals surface area contributed by atoms with E-state index in [-0.39, 0.29) is 24.3 Å². The van der Waals surface area contributed by atoms with Gasteiger partial charge in [0.1, 0.15) is 11.3 Å². The second kappa shape index (κ2) is 11.2. The van der Waals surface area contributed by atoms with Gasteiger partial charge in [-0.2, -0.15) is 0 Å². The van der Waals surface area contributed by atoms with E-state index in [9.17, 15) is 4.79 Å². The highest BCUT2D eigenvalue weighted by Crippen LogP contribution is 2.41. The van der Waals surface area contributed by atoms with E-state index in [0.29, 0.717) is 5.92 Å². The molecule has 1 saturated carbocycles. The van der Waals surface area contributed by atoms with Gasteiger partial charge >= 0.3 is 6.09 Å². The molecule has 0 aromatic carbocycles. The number of nitrogens with zero attached hydrogens (tertiary/aromatic N) is 2. The molecule has 0 radical (unpaired) electrons. The van der Waals surface area contributed by atoms with E-state index in [0.717, 1.165) is 31.4 Å². The Morgan fingerprint density at radius 1 is 1.24 bits per heavy atom. The van der Waals surface area contributed by atoms with Crippen molar-refractivity contribution >= 4 is 6.09 Å². The summed E-state index contributed by atoms with van der Waals surface area (Å²) in [5.41, 5.74) is -0.259. The van der Waals surface area contributed by atoms with Gasteiger partial charge < -0.3 is 14.2 Å². The van der Waals surface area contributed by atoms with Gasteiger partial charge in [-0.15, -0.1) is 0 Å². The number of pyridine rings is 1. The van der Waals surface area contributed by atoms with Crippen molar-refractivity contribution in [2.24, 2.45) is 5.92 Å². The standard InChI is InChI=1S/C27H44N2O4/c1-26(2,3)33-25(30)29-22(19-20-13-8-7-9-14-20)24(32-27(29,4)5)17-12-16-23(31-6)21-15-10-11-18-28-21/h10-11,15,18,20,22-24H,7-9,12-14,16-17,19H2,1-6H3. The van der Waals surface area contributed by atoms with Crippen LogP contribution < -0.4 is 0 Å². The largest absolute Gasteiger partial charge is 0.444 e.